The van der Waals surface area contributed by atoms with Gasteiger partial charge in [0.2, 0.25) is 0 Å². The van der Waals surface area contributed by atoms with Gasteiger partial charge in [-0.15, -0.1) is 11.3 Å². The van der Waals surface area contributed by atoms with E-state index in [9.17, 15) is 0 Å². The smallest absolute Gasteiger partial charge is 0.0925 e. The SMILES string of the molecule is CCc1ncc(CNCc2cccc(Cl)c2)s1. The molecular formula is C13H15ClN2S. The molecule has 2 nitrogen and oxygen atoms in total. The second kappa shape index (κ2) is 6.15. The van der Waals surface area contributed by atoms with E-state index in [1.807, 2.05) is 24.4 Å². The van der Waals surface area contributed by atoms with Gasteiger partial charge in [-0.25, -0.2) is 4.98 Å². The number of aromatic nitrogens is 1. The van der Waals surface area contributed by atoms with Gasteiger partial charge in [-0.1, -0.05) is 30.7 Å². The van der Waals surface area contributed by atoms with Gasteiger partial charge in [0.15, 0.2) is 0 Å². The van der Waals surface area contributed by atoms with E-state index in [4.69, 9.17) is 11.6 Å². The highest BCUT2D eigenvalue weighted by molar-refractivity contribution is 7.11. The molecule has 0 saturated carbocycles. The van der Waals surface area contributed by atoms with E-state index >= 15 is 0 Å². The first-order chi connectivity index (χ1) is 8.28. The van der Waals surface area contributed by atoms with Crippen molar-refractivity contribution in [3.05, 3.63) is 50.9 Å². The lowest BCUT2D eigenvalue weighted by Gasteiger charge is -2.03. The van der Waals surface area contributed by atoms with Crippen LogP contribution in [0.4, 0.5) is 0 Å². The van der Waals surface area contributed by atoms with Crippen LogP contribution in [0.15, 0.2) is 30.5 Å². The predicted octanol–water partition coefficient (Wildman–Crippen LogP) is 3.65. The minimum atomic E-state index is 0.787. The Bertz CT molecular complexity index is 482. The summed E-state index contributed by atoms with van der Waals surface area (Å²) in [4.78, 5) is 5.61. The lowest BCUT2D eigenvalue weighted by molar-refractivity contribution is 0.700. The van der Waals surface area contributed by atoms with E-state index in [0.717, 1.165) is 24.5 Å². The Hall–Kier alpha value is -0.900. The van der Waals surface area contributed by atoms with Crippen molar-refractivity contribution in [3.8, 4) is 0 Å². The van der Waals surface area contributed by atoms with Crippen LogP contribution in [0.5, 0.6) is 0 Å². The molecule has 0 fully saturated rings. The van der Waals surface area contributed by atoms with Gasteiger partial charge in [-0.3, -0.25) is 0 Å². The number of hydrogen-bond donors (Lipinski definition) is 1. The molecule has 0 aliphatic rings. The fourth-order valence-corrected chi connectivity index (χ4v) is 2.62. The van der Waals surface area contributed by atoms with Gasteiger partial charge in [0.25, 0.3) is 0 Å². The summed E-state index contributed by atoms with van der Waals surface area (Å²) in [6.07, 6.45) is 2.97. The Morgan fingerprint density at radius 1 is 1.35 bits per heavy atom. The predicted molar refractivity (Wildman–Crippen MR) is 73.5 cm³/mol. The maximum atomic E-state index is 5.93. The first kappa shape index (κ1) is 12.6. The van der Waals surface area contributed by atoms with Crippen molar-refractivity contribution < 1.29 is 0 Å². The summed E-state index contributed by atoms with van der Waals surface area (Å²) in [6, 6.07) is 7.92. The van der Waals surface area contributed by atoms with Crippen LogP contribution in [-0.2, 0) is 19.5 Å². The summed E-state index contributed by atoms with van der Waals surface area (Å²) in [7, 11) is 0. The number of nitrogens with one attached hydrogen (secondary N) is 1. The number of halogens is 1. The van der Waals surface area contributed by atoms with Crippen molar-refractivity contribution in [2.24, 2.45) is 0 Å². The fourth-order valence-electron chi connectivity index (χ4n) is 1.57. The lowest BCUT2D eigenvalue weighted by atomic mass is 10.2. The standard InChI is InChI=1S/C13H15ClN2S/c1-2-13-16-9-12(17-13)8-15-7-10-4-3-5-11(14)6-10/h3-6,9,15H,2,7-8H2,1H3. The van der Waals surface area contributed by atoms with Crippen LogP contribution in [0.3, 0.4) is 0 Å². The van der Waals surface area contributed by atoms with Crippen LogP contribution in [0.2, 0.25) is 5.02 Å². The molecule has 0 bridgehead atoms. The molecule has 0 amide bonds. The van der Waals surface area contributed by atoms with Crippen LogP contribution in [0.1, 0.15) is 22.4 Å². The molecule has 90 valence electrons. The van der Waals surface area contributed by atoms with E-state index in [2.05, 4.69) is 23.3 Å². The molecule has 1 N–H and O–H groups in total. The van der Waals surface area contributed by atoms with E-state index in [0.29, 0.717) is 0 Å². The lowest BCUT2D eigenvalue weighted by Crippen LogP contribution is -2.11. The molecular weight excluding hydrogens is 252 g/mol. The van der Waals surface area contributed by atoms with Gasteiger partial charge in [0, 0.05) is 29.2 Å². The first-order valence-electron chi connectivity index (χ1n) is 5.66. The number of nitrogens with zero attached hydrogens (tertiary/aromatic N) is 1. The van der Waals surface area contributed by atoms with E-state index in [1.54, 1.807) is 11.3 Å². The van der Waals surface area contributed by atoms with Crippen LogP contribution in [-0.4, -0.2) is 4.98 Å². The summed E-state index contributed by atoms with van der Waals surface area (Å²) in [5.74, 6) is 0. The molecule has 2 rings (SSSR count). The number of thiazole rings is 1. The minimum Gasteiger partial charge on any atom is -0.308 e. The topological polar surface area (TPSA) is 24.9 Å². The summed E-state index contributed by atoms with van der Waals surface area (Å²) < 4.78 is 0. The highest BCUT2D eigenvalue weighted by Crippen LogP contribution is 2.14. The largest absolute Gasteiger partial charge is 0.308 e. The molecule has 0 atom stereocenters. The van der Waals surface area contributed by atoms with Crippen molar-refractivity contribution in [2.75, 3.05) is 0 Å². The normalized spacial score (nSPS) is 10.7. The van der Waals surface area contributed by atoms with Crippen LogP contribution < -0.4 is 5.32 Å². The Kier molecular flexibility index (Phi) is 4.54. The molecule has 1 heterocycles. The zero-order valence-electron chi connectivity index (χ0n) is 9.74. The monoisotopic (exact) mass is 266 g/mol. The summed E-state index contributed by atoms with van der Waals surface area (Å²) >= 11 is 7.70. The molecule has 0 saturated heterocycles. The summed E-state index contributed by atoms with van der Waals surface area (Å²) in [5, 5.41) is 5.38. The van der Waals surface area contributed by atoms with Crippen LogP contribution in [0, 0.1) is 0 Å². The van der Waals surface area contributed by atoms with Gasteiger partial charge in [0.05, 0.1) is 5.01 Å². The average molecular weight is 267 g/mol. The molecule has 0 unspecified atom stereocenters. The van der Waals surface area contributed by atoms with Crippen molar-refractivity contribution in [2.45, 2.75) is 26.4 Å². The Balaban J connectivity index is 1.83. The van der Waals surface area contributed by atoms with Gasteiger partial charge in [0.1, 0.15) is 0 Å². The molecule has 0 aliphatic heterocycles. The summed E-state index contributed by atoms with van der Waals surface area (Å²) in [5.41, 5.74) is 1.21. The number of hydrogen-bond acceptors (Lipinski definition) is 3. The molecule has 4 heteroatoms. The second-order valence-electron chi connectivity index (χ2n) is 3.81. The Morgan fingerprint density at radius 2 is 2.24 bits per heavy atom. The van der Waals surface area contributed by atoms with Gasteiger partial charge < -0.3 is 5.32 Å². The third-order valence-corrected chi connectivity index (χ3v) is 3.80. The zero-order valence-corrected chi connectivity index (χ0v) is 11.3. The molecule has 2 aromatic rings. The van der Waals surface area contributed by atoms with Crippen molar-refractivity contribution in [3.63, 3.8) is 0 Å². The number of rotatable bonds is 5. The van der Waals surface area contributed by atoms with Crippen molar-refractivity contribution >= 4 is 22.9 Å². The maximum Gasteiger partial charge on any atom is 0.0925 e. The average Bonchev–Trinajstić information content (AvgIpc) is 2.77. The van der Waals surface area contributed by atoms with Crippen molar-refractivity contribution in [1.82, 2.24) is 10.3 Å². The zero-order chi connectivity index (χ0) is 12.1. The Labute approximate surface area is 111 Å². The van der Waals surface area contributed by atoms with Crippen molar-refractivity contribution in [1.29, 1.82) is 0 Å². The third-order valence-electron chi connectivity index (χ3n) is 2.42. The Morgan fingerprint density at radius 3 is 2.94 bits per heavy atom. The van der Waals surface area contributed by atoms with E-state index < -0.39 is 0 Å². The second-order valence-corrected chi connectivity index (χ2v) is 5.44. The minimum absolute atomic E-state index is 0.787. The molecule has 17 heavy (non-hydrogen) atoms. The highest BCUT2D eigenvalue weighted by Gasteiger charge is 2.00. The quantitative estimate of drug-likeness (QED) is 0.894. The van der Waals surface area contributed by atoms with Crippen LogP contribution >= 0.6 is 22.9 Å². The van der Waals surface area contributed by atoms with E-state index in [-0.39, 0.29) is 0 Å². The maximum absolute atomic E-state index is 5.93. The third kappa shape index (κ3) is 3.80. The molecule has 1 aromatic heterocycles. The fraction of sp³-hybridized carbons (Fsp3) is 0.308. The van der Waals surface area contributed by atoms with E-state index in [1.165, 1.54) is 15.4 Å². The molecule has 0 radical (unpaired) electrons. The number of aryl methyl sites for hydroxylation is 1. The first-order valence-corrected chi connectivity index (χ1v) is 6.86. The van der Waals surface area contributed by atoms with Crippen LogP contribution in [0.25, 0.3) is 0 Å². The van der Waals surface area contributed by atoms with Gasteiger partial charge >= 0.3 is 0 Å². The van der Waals surface area contributed by atoms with Gasteiger partial charge in [-0.2, -0.15) is 0 Å². The summed E-state index contributed by atoms with van der Waals surface area (Å²) in [6.45, 7) is 3.83. The molecule has 0 spiro atoms. The molecule has 0 aliphatic carbocycles. The number of benzene rings is 1. The van der Waals surface area contributed by atoms with Gasteiger partial charge in [-0.05, 0) is 24.1 Å². The highest BCUT2D eigenvalue weighted by atomic mass is 35.5. The molecule has 1 aromatic carbocycles.